The van der Waals surface area contributed by atoms with E-state index in [0.29, 0.717) is 9.99 Å². The van der Waals surface area contributed by atoms with Gasteiger partial charge in [-0.2, -0.15) is 0 Å². The van der Waals surface area contributed by atoms with Crippen LogP contribution in [0.5, 0.6) is 0 Å². The number of benzene rings is 1. The molecule has 0 amide bonds. The minimum atomic E-state index is -0.394. The van der Waals surface area contributed by atoms with Crippen LogP contribution in [0.25, 0.3) is 10.8 Å². The number of hydrogen-bond donors (Lipinski definition) is 0. The van der Waals surface area contributed by atoms with Gasteiger partial charge in [0.05, 0.1) is 10.3 Å². The number of aromatic nitrogens is 1. The Bertz CT molecular complexity index is 513. The number of nitrogens with zero attached hydrogens (tertiary/aromatic N) is 2. The highest BCUT2D eigenvalue weighted by Gasteiger charge is 2.10. The molecule has 2 aromatic rings. The molecule has 0 aliphatic carbocycles. The zero-order valence-corrected chi connectivity index (χ0v) is 8.56. The molecule has 14 heavy (non-hydrogen) atoms. The maximum atomic E-state index is 10.7. The molecule has 0 spiro atoms. The minimum absolute atomic E-state index is 0.102. The van der Waals surface area contributed by atoms with Gasteiger partial charge in [0.25, 0.3) is 5.69 Å². The molecular formula is C9H5BrN2O2. The average Bonchev–Trinajstić information content (AvgIpc) is 2.16. The molecule has 0 aliphatic heterocycles. The van der Waals surface area contributed by atoms with Crippen molar-refractivity contribution in [2.75, 3.05) is 0 Å². The van der Waals surface area contributed by atoms with Crippen LogP contribution in [-0.2, 0) is 0 Å². The number of pyridine rings is 1. The SMILES string of the molecule is O=[N+]([O-])c1cccc2cnc(Br)cc12. The maximum Gasteiger partial charge on any atom is 0.277 e. The fourth-order valence-electron chi connectivity index (χ4n) is 1.29. The van der Waals surface area contributed by atoms with Crippen molar-refractivity contribution in [3.8, 4) is 0 Å². The predicted octanol–water partition coefficient (Wildman–Crippen LogP) is 2.91. The first-order valence-electron chi connectivity index (χ1n) is 3.87. The summed E-state index contributed by atoms with van der Waals surface area (Å²) in [6.07, 6.45) is 1.60. The lowest BCUT2D eigenvalue weighted by molar-refractivity contribution is -0.383. The second-order valence-corrected chi connectivity index (χ2v) is 3.57. The lowest BCUT2D eigenvalue weighted by atomic mass is 10.1. The lowest BCUT2D eigenvalue weighted by Gasteiger charge is -1.98. The van der Waals surface area contributed by atoms with Gasteiger partial charge in [0.15, 0.2) is 0 Å². The zero-order valence-electron chi connectivity index (χ0n) is 6.98. The predicted molar refractivity (Wildman–Crippen MR) is 56.1 cm³/mol. The molecule has 2 rings (SSSR count). The molecule has 4 nitrogen and oxygen atoms in total. The molecule has 0 aliphatic rings. The van der Waals surface area contributed by atoms with Gasteiger partial charge < -0.3 is 0 Å². The number of hydrogen-bond acceptors (Lipinski definition) is 3. The smallest absolute Gasteiger partial charge is 0.258 e. The molecule has 0 saturated heterocycles. The summed E-state index contributed by atoms with van der Waals surface area (Å²) in [6.45, 7) is 0. The summed E-state index contributed by atoms with van der Waals surface area (Å²) in [5, 5.41) is 12.1. The molecule has 0 saturated carbocycles. The fourth-order valence-corrected chi connectivity index (χ4v) is 1.62. The van der Waals surface area contributed by atoms with E-state index in [4.69, 9.17) is 0 Å². The Kier molecular flexibility index (Phi) is 2.17. The van der Waals surface area contributed by atoms with E-state index in [1.165, 1.54) is 6.07 Å². The van der Waals surface area contributed by atoms with Crippen LogP contribution in [0.15, 0.2) is 35.1 Å². The van der Waals surface area contributed by atoms with Crippen LogP contribution in [0.1, 0.15) is 0 Å². The van der Waals surface area contributed by atoms with Crippen LogP contribution in [0.3, 0.4) is 0 Å². The van der Waals surface area contributed by atoms with Crippen LogP contribution in [0.4, 0.5) is 5.69 Å². The summed E-state index contributed by atoms with van der Waals surface area (Å²) in [5.41, 5.74) is 0.102. The third-order valence-electron chi connectivity index (χ3n) is 1.90. The summed E-state index contributed by atoms with van der Waals surface area (Å²) >= 11 is 3.18. The lowest BCUT2D eigenvalue weighted by Crippen LogP contribution is -1.89. The molecular weight excluding hydrogens is 248 g/mol. The summed E-state index contributed by atoms with van der Waals surface area (Å²) in [5.74, 6) is 0. The summed E-state index contributed by atoms with van der Waals surface area (Å²) in [7, 11) is 0. The van der Waals surface area contributed by atoms with E-state index in [1.54, 1.807) is 24.4 Å². The van der Waals surface area contributed by atoms with E-state index in [0.717, 1.165) is 5.39 Å². The van der Waals surface area contributed by atoms with Crippen molar-refractivity contribution in [3.63, 3.8) is 0 Å². The molecule has 1 aromatic carbocycles. The third kappa shape index (κ3) is 1.46. The molecule has 0 unspecified atom stereocenters. The second-order valence-electron chi connectivity index (χ2n) is 2.76. The van der Waals surface area contributed by atoms with Crippen molar-refractivity contribution < 1.29 is 4.92 Å². The Labute approximate surface area is 87.9 Å². The highest BCUT2D eigenvalue weighted by atomic mass is 79.9. The number of nitro benzene ring substituents is 1. The normalized spacial score (nSPS) is 10.4. The van der Waals surface area contributed by atoms with Crippen LogP contribution in [0.2, 0.25) is 0 Å². The van der Waals surface area contributed by atoms with E-state index >= 15 is 0 Å². The number of fused-ring (bicyclic) bond motifs is 1. The van der Waals surface area contributed by atoms with E-state index in [1.807, 2.05) is 0 Å². The topological polar surface area (TPSA) is 56.0 Å². The van der Waals surface area contributed by atoms with Crippen LogP contribution in [0, 0.1) is 10.1 Å². The first-order valence-corrected chi connectivity index (χ1v) is 4.66. The van der Waals surface area contributed by atoms with Gasteiger partial charge in [0.1, 0.15) is 4.60 Å². The van der Waals surface area contributed by atoms with E-state index < -0.39 is 4.92 Å². The Morgan fingerprint density at radius 3 is 2.93 bits per heavy atom. The molecule has 0 radical (unpaired) electrons. The van der Waals surface area contributed by atoms with Gasteiger partial charge >= 0.3 is 0 Å². The third-order valence-corrected chi connectivity index (χ3v) is 2.34. The van der Waals surface area contributed by atoms with Gasteiger partial charge in [-0.25, -0.2) is 4.98 Å². The van der Waals surface area contributed by atoms with Crippen LogP contribution >= 0.6 is 15.9 Å². The molecule has 0 atom stereocenters. The summed E-state index contributed by atoms with van der Waals surface area (Å²) < 4.78 is 0.597. The number of halogens is 1. The molecule has 1 heterocycles. The fraction of sp³-hybridized carbons (Fsp3) is 0. The quantitative estimate of drug-likeness (QED) is 0.446. The van der Waals surface area contributed by atoms with Gasteiger partial charge in [-0.15, -0.1) is 0 Å². The van der Waals surface area contributed by atoms with Crippen LogP contribution in [-0.4, -0.2) is 9.91 Å². The monoisotopic (exact) mass is 252 g/mol. The Hall–Kier alpha value is -1.49. The molecule has 0 fully saturated rings. The second kappa shape index (κ2) is 3.34. The highest BCUT2D eigenvalue weighted by Crippen LogP contribution is 2.26. The standard InChI is InChI=1S/C9H5BrN2O2/c10-9-4-7-6(5-11-9)2-1-3-8(7)12(13)14/h1-5H. The molecule has 1 aromatic heterocycles. The van der Waals surface area contributed by atoms with Crippen molar-refractivity contribution in [1.82, 2.24) is 4.98 Å². The minimum Gasteiger partial charge on any atom is -0.258 e. The zero-order chi connectivity index (χ0) is 10.1. The first-order chi connectivity index (χ1) is 6.68. The average molecular weight is 253 g/mol. The number of rotatable bonds is 1. The number of nitro groups is 1. The van der Waals surface area contributed by atoms with Crippen LogP contribution < -0.4 is 0 Å². The van der Waals surface area contributed by atoms with Crippen molar-refractivity contribution >= 4 is 32.4 Å². The van der Waals surface area contributed by atoms with E-state index in [2.05, 4.69) is 20.9 Å². The van der Waals surface area contributed by atoms with Gasteiger partial charge in [0, 0.05) is 17.6 Å². The van der Waals surface area contributed by atoms with E-state index in [9.17, 15) is 10.1 Å². The Morgan fingerprint density at radius 2 is 2.21 bits per heavy atom. The maximum absolute atomic E-state index is 10.7. The summed E-state index contributed by atoms with van der Waals surface area (Å²) in [4.78, 5) is 14.3. The molecule has 5 heteroatoms. The Morgan fingerprint density at radius 1 is 1.43 bits per heavy atom. The van der Waals surface area contributed by atoms with Crippen molar-refractivity contribution in [2.45, 2.75) is 0 Å². The highest BCUT2D eigenvalue weighted by molar-refractivity contribution is 9.10. The van der Waals surface area contributed by atoms with Gasteiger partial charge in [0.2, 0.25) is 0 Å². The molecule has 70 valence electrons. The first kappa shape index (κ1) is 9.08. The van der Waals surface area contributed by atoms with Crippen molar-refractivity contribution in [3.05, 3.63) is 45.2 Å². The largest absolute Gasteiger partial charge is 0.277 e. The summed E-state index contributed by atoms with van der Waals surface area (Å²) in [6, 6.07) is 6.57. The van der Waals surface area contributed by atoms with Crippen molar-refractivity contribution in [2.24, 2.45) is 0 Å². The van der Waals surface area contributed by atoms with Crippen molar-refractivity contribution in [1.29, 1.82) is 0 Å². The molecule has 0 bridgehead atoms. The van der Waals surface area contributed by atoms with Gasteiger partial charge in [-0.05, 0) is 22.0 Å². The van der Waals surface area contributed by atoms with Gasteiger partial charge in [-0.3, -0.25) is 10.1 Å². The Balaban J connectivity index is 2.84. The molecule has 0 N–H and O–H groups in total. The van der Waals surface area contributed by atoms with Gasteiger partial charge in [-0.1, -0.05) is 12.1 Å². The number of non-ortho nitro benzene ring substituents is 1. The van der Waals surface area contributed by atoms with E-state index in [-0.39, 0.29) is 5.69 Å².